The molecule has 7 heteroatoms. The zero-order chi connectivity index (χ0) is 17.6. The Bertz CT molecular complexity index is 864. The van der Waals surface area contributed by atoms with Crippen molar-refractivity contribution >= 4 is 40.3 Å². The van der Waals surface area contributed by atoms with Crippen LogP contribution in [0.5, 0.6) is 5.75 Å². The van der Waals surface area contributed by atoms with Gasteiger partial charge >= 0.3 is 0 Å². The van der Waals surface area contributed by atoms with E-state index in [9.17, 15) is 4.79 Å². The molecule has 1 amide bonds. The van der Waals surface area contributed by atoms with Gasteiger partial charge in [-0.1, -0.05) is 29.4 Å². The quantitative estimate of drug-likeness (QED) is 0.486. The number of amides is 1. The Balaban J connectivity index is 1.39. The molecule has 1 heterocycles. The van der Waals surface area contributed by atoms with Gasteiger partial charge in [0.25, 0.3) is 0 Å². The number of imidazole rings is 1. The van der Waals surface area contributed by atoms with Gasteiger partial charge in [-0.05, 0) is 48.9 Å². The minimum Gasteiger partial charge on any atom is -0.492 e. The third-order valence-corrected chi connectivity index (χ3v) is 4.59. The van der Waals surface area contributed by atoms with Crippen molar-refractivity contribution in [2.24, 2.45) is 0 Å². The zero-order valence-corrected chi connectivity index (χ0v) is 15.3. The molecule has 0 aliphatic rings. The smallest absolute Gasteiger partial charge is 0.230 e. The molecule has 0 unspecified atom stereocenters. The molecule has 3 rings (SSSR count). The normalized spacial score (nSPS) is 10.8. The van der Waals surface area contributed by atoms with Crippen LogP contribution in [0.1, 0.15) is 5.56 Å². The fourth-order valence-electron chi connectivity index (χ4n) is 2.24. The van der Waals surface area contributed by atoms with Crippen LogP contribution < -0.4 is 10.1 Å². The average Bonchev–Trinajstić information content (AvgIpc) is 3.00. The summed E-state index contributed by atoms with van der Waals surface area (Å²) in [5.41, 5.74) is 3.07. The van der Waals surface area contributed by atoms with Crippen LogP contribution in [0.4, 0.5) is 0 Å². The van der Waals surface area contributed by atoms with Crippen molar-refractivity contribution in [1.29, 1.82) is 0 Å². The summed E-state index contributed by atoms with van der Waals surface area (Å²) in [6, 6.07) is 13.2. The van der Waals surface area contributed by atoms with E-state index in [0.29, 0.717) is 23.9 Å². The third kappa shape index (κ3) is 5.14. The maximum Gasteiger partial charge on any atom is 0.230 e. The third-order valence-electron chi connectivity index (χ3n) is 3.46. The van der Waals surface area contributed by atoms with Crippen molar-refractivity contribution in [3.05, 3.63) is 53.1 Å². The van der Waals surface area contributed by atoms with Crippen molar-refractivity contribution in [3.63, 3.8) is 0 Å². The van der Waals surface area contributed by atoms with Gasteiger partial charge in [0.05, 0.1) is 23.3 Å². The molecule has 0 atom stereocenters. The Hall–Kier alpha value is -2.18. The van der Waals surface area contributed by atoms with Crippen LogP contribution in [0, 0.1) is 6.92 Å². The lowest BCUT2D eigenvalue weighted by atomic mass is 10.2. The molecule has 1 aromatic heterocycles. The summed E-state index contributed by atoms with van der Waals surface area (Å²) < 4.78 is 5.53. The number of aromatic amines is 1. The van der Waals surface area contributed by atoms with E-state index in [1.807, 2.05) is 25.1 Å². The Morgan fingerprint density at radius 2 is 2.08 bits per heavy atom. The molecular weight excluding hydrogens is 358 g/mol. The van der Waals surface area contributed by atoms with Gasteiger partial charge in [-0.15, -0.1) is 0 Å². The van der Waals surface area contributed by atoms with Crippen LogP contribution in [0.3, 0.4) is 0 Å². The van der Waals surface area contributed by atoms with Crippen molar-refractivity contribution in [2.45, 2.75) is 12.1 Å². The fraction of sp³-hybridized carbons (Fsp3) is 0.222. The standard InChI is InChI=1S/C18H18ClN3O2S/c1-12-2-7-15-16(10-12)22-18(21-15)25-11-17(23)20-8-9-24-14-5-3-13(19)4-6-14/h2-7,10H,8-9,11H2,1H3,(H,20,23)(H,21,22). The van der Waals surface area contributed by atoms with Gasteiger partial charge in [0, 0.05) is 5.02 Å². The number of carbonyl (C=O) groups is 1. The number of benzene rings is 2. The van der Waals surface area contributed by atoms with Crippen molar-refractivity contribution in [1.82, 2.24) is 15.3 Å². The monoisotopic (exact) mass is 375 g/mol. The van der Waals surface area contributed by atoms with Crippen LogP contribution in [0.15, 0.2) is 47.6 Å². The Labute approximate surface area is 155 Å². The van der Waals surface area contributed by atoms with Gasteiger partial charge in [-0.3, -0.25) is 4.79 Å². The zero-order valence-electron chi connectivity index (χ0n) is 13.7. The molecule has 0 aliphatic heterocycles. The molecule has 130 valence electrons. The van der Waals surface area contributed by atoms with Crippen LogP contribution >= 0.6 is 23.4 Å². The molecule has 2 N–H and O–H groups in total. The first-order valence-electron chi connectivity index (χ1n) is 7.84. The number of aryl methyl sites for hydroxylation is 1. The topological polar surface area (TPSA) is 67.0 Å². The Morgan fingerprint density at radius 1 is 1.28 bits per heavy atom. The molecule has 0 saturated heterocycles. The predicted octanol–water partition coefficient (Wildman–Crippen LogP) is 3.81. The molecule has 5 nitrogen and oxygen atoms in total. The van der Waals surface area contributed by atoms with E-state index < -0.39 is 0 Å². The van der Waals surface area contributed by atoms with E-state index in [1.54, 1.807) is 24.3 Å². The van der Waals surface area contributed by atoms with Crippen LogP contribution in [-0.2, 0) is 4.79 Å². The number of hydrogen-bond donors (Lipinski definition) is 2. The van der Waals surface area contributed by atoms with E-state index in [-0.39, 0.29) is 5.91 Å². The van der Waals surface area contributed by atoms with E-state index in [2.05, 4.69) is 15.3 Å². The first-order valence-corrected chi connectivity index (χ1v) is 9.21. The lowest BCUT2D eigenvalue weighted by Crippen LogP contribution is -2.29. The number of nitrogens with zero attached hydrogens (tertiary/aromatic N) is 1. The first-order chi connectivity index (χ1) is 12.1. The number of ether oxygens (including phenoxy) is 1. The highest BCUT2D eigenvalue weighted by Gasteiger charge is 2.07. The Morgan fingerprint density at radius 3 is 2.88 bits per heavy atom. The van der Waals surface area contributed by atoms with E-state index in [0.717, 1.165) is 21.9 Å². The SMILES string of the molecule is Cc1ccc2nc(SCC(=O)NCCOc3ccc(Cl)cc3)[nH]c2c1. The summed E-state index contributed by atoms with van der Waals surface area (Å²) >= 11 is 7.19. The summed E-state index contributed by atoms with van der Waals surface area (Å²) in [4.78, 5) is 19.6. The fourth-order valence-corrected chi connectivity index (χ4v) is 3.08. The summed E-state index contributed by atoms with van der Waals surface area (Å²) in [7, 11) is 0. The second-order valence-electron chi connectivity index (χ2n) is 5.50. The molecule has 25 heavy (non-hydrogen) atoms. The van der Waals surface area contributed by atoms with Crippen molar-refractivity contribution in [2.75, 3.05) is 18.9 Å². The predicted molar refractivity (Wildman–Crippen MR) is 102 cm³/mol. The largest absolute Gasteiger partial charge is 0.492 e. The molecule has 0 saturated carbocycles. The number of nitrogens with one attached hydrogen (secondary N) is 2. The van der Waals surface area contributed by atoms with Gasteiger partial charge in [-0.2, -0.15) is 0 Å². The summed E-state index contributed by atoms with van der Waals surface area (Å²) in [5.74, 6) is 0.978. The number of H-pyrrole nitrogens is 1. The summed E-state index contributed by atoms with van der Waals surface area (Å²) in [5, 5.41) is 4.23. The second-order valence-corrected chi connectivity index (χ2v) is 6.90. The maximum absolute atomic E-state index is 11.9. The van der Waals surface area contributed by atoms with E-state index in [4.69, 9.17) is 16.3 Å². The molecule has 0 bridgehead atoms. The number of carbonyl (C=O) groups excluding carboxylic acids is 1. The van der Waals surface area contributed by atoms with E-state index in [1.165, 1.54) is 17.3 Å². The highest BCUT2D eigenvalue weighted by atomic mass is 35.5. The average molecular weight is 376 g/mol. The van der Waals surface area contributed by atoms with Crippen LogP contribution in [0.2, 0.25) is 5.02 Å². The number of hydrogen-bond acceptors (Lipinski definition) is 4. The number of aromatic nitrogens is 2. The van der Waals surface area contributed by atoms with Crippen molar-refractivity contribution in [3.8, 4) is 5.75 Å². The Kier molecular flexibility index (Phi) is 5.83. The number of thioether (sulfide) groups is 1. The van der Waals surface area contributed by atoms with Gasteiger partial charge in [0.15, 0.2) is 5.16 Å². The minimum atomic E-state index is -0.0543. The van der Waals surface area contributed by atoms with Gasteiger partial charge in [-0.25, -0.2) is 4.98 Å². The lowest BCUT2D eigenvalue weighted by Gasteiger charge is -2.07. The van der Waals surface area contributed by atoms with E-state index >= 15 is 0 Å². The lowest BCUT2D eigenvalue weighted by molar-refractivity contribution is -0.118. The molecule has 2 aromatic carbocycles. The second kappa shape index (κ2) is 8.27. The summed E-state index contributed by atoms with van der Waals surface area (Å²) in [6.07, 6.45) is 0. The number of halogens is 1. The van der Waals surface area contributed by atoms with Crippen LogP contribution in [0.25, 0.3) is 11.0 Å². The van der Waals surface area contributed by atoms with Gasteiger partial charge in [0.1, 0.15) is 12.4 Å². The highest BCUT2D eigenvalue weighted by molar-refractivity contribution is 7.99. The van der Waals surface area contributed by atoms with Gasteiger partial charge in [0.2, 0.25) is 5.91 Å². The summed E-state index contributed by atoms with van der Waals surface area (Å²) in [6.45, 7) is 2.88. The maximum atomic E-state index is 11.9. The molecule has 3 aromatic rings. The molecular formula is C18H18ClN3O2S. The van der Waals surface area contributed by atoms with Crippen LogP contribution in [-0.4, -0.2) is 34.8 Å². The molecule has 0 spiro atoms. The molecule has 0 fully saturated rings. The first kappa shape index (κ1) is 17.6. The minimum absolute atomic E-state index is 0.0543. The molecule has 0 aliphatic carbocycles. The van der Waals surface area contributed by atoms with Crippen molar-refractivity contribution < 1.29 is 9.53 Å². The highest BCUT2D eigenvalue weighted by Crippen LogP contribution is 2.20. The van der Waals surface area contributed by atoms with Gasteiger partial charge < -0.3 is 15.0 Å². The number of rotatable bonds is 7. The number of fused-ring (bicyclic) bond motifs is 1. The molecule has 0 radical (unpaired) electrons.